The average molecular weight is 394 g/mol. The maximum atomic E-state index is 12.7. The van der Waals surface area contributed by atoms with E-state index in [2.05, 4.69) is 5.32 Å². The van der Waals surface area contributed by atoms with Crippen LogP contribution in [0.3, 0.4) is 0 Å². The lowest BCUT2D eigenvalue weighted by Crippen LogP contribution is -2.48. The van der Waals surface area contributed by atoms with Gasteiger partial charge in [-0.3, -0.25) is 14.4 Å². The van der Waals surface area contributed by atoms with E-state index in [4.69, 9.17) is 11.6 Å². The number of hydrogen-bond acceptors (Lipinski definition) is 4. The van der Waals surface area contributed by atoms with Crippen molar-refractivity contribution < 1.29 is 14.4 Å². The number of amides is 3. The topological polar surface area (TPSA) is 69.7 Å². The van der Waals surface area contributed by atoms with E-state index in [0.29, 0.717) is 41.5 Å². The number of nitrogens with one attached hydrogen (secondary N) is 1. The van der Waals surface area contributed by atoms with Crippen molar-refractivity contribution in [1.82, 2.24) is 4.90 Å². The Balaban J connectivity index is 1.49. The molecule has 2 unspecified atom stereocenters. The molecule has 3 saturated heterocycles. The minimum absolute atomic E-state index is 0.0403. The number of benzene rings is 1. The fraction of sp³-hybridized carbons (Fsp3) is 0.500. The molecule has 3 heterocycles. The van der Waals surface area contributed by atoms with E-state index in [0.717, 1.165) is 12.8 Å². The highest BCUT2D eigenvalue weighted by Gasteiger charge is 2.52. The number of fused-ring (bicyclic) bond motifs is 1. The summed E-state index contributed by atoms with van der Waals surface area (Å²) in [6.07, 6.45) is 2.65. The van der Waals surface area contributed by atoms with Gasteiger partial charge in [0.15, 0.2) is 0 Å². The molecule has 0 aromatic heterocycles. The summed E-state index contributed by atoms with van der Waals surface area (Å²) in [6.45, 7) is 2.69. The van der Waals surface area contributed by atoms with Crippen LogP contribution in [0.15, 0.2) is 18.2 Å². The minimum atomic E-state index is -0.460. The third kappa shape index (κ3) is 2.87. The molecule has 1 aromatic carbocycles. The predicted octanol–water partition coefficient (Wildman–Crippen LogP) is 2.86. The largest absolute Gasteiger partial charge is 0.324 e. The lowest BCUT2D eigenvalue weighted by Gasteiger charge is -2.29. The zero-order valence-corrected chi connectivity index (χ0v) is 16.0. The highest BCUT2D eigenvalue weighted by molar-refractivity contribution is 8.01. The van der Waals surface area contributed by atoms with Crippen molar-refractivity contribution in [2.45, 2.75) is 43.5 Å². The van der Waals surface area contributed by atoms with E-state index < -0.39 is 6.04 Å². The summed E-state index contributed by atoms with van der Waals surface area (Å²) in [4.78, 5) is 39.9. The Morgan fingerprint density at radius 3 is 2.81 bits per heavy atom. The molecule has 4 rings (SSSR count). The Morgan fingerprint density at radius 2 is 2.12 bits per heavy atom. The molecule has 26 heavy (non-hydrogen) atoms. The standard InChI is InChI=1S/C18H20ClN3O3S/c1-18-7-6-16(24)22(18)14(10-26-18)17(25)20-11-4-5-13(12(19)9-11)21-8-2-3-15(21)23/h4-5,9,14H,2-3,6-8,10H2,1H3,(H,20,25). The van der Waals surface area contributed by atoms with E-state index in [1.165, 1.54) is 0 Å². The maximum absolute atomic E-state index is 12.7. The van der Waals surface area contributed by atoms with Gasteiger partial charge in [-0.1, -0.05) is 11.6 Å². The fourth-order valence-corrected chi connectivity index (χ4v) is 5.66. The third-order valence-corrected chi connectivity index (χ3v) is 7.13. The van der Waals surface area contributed by atoms with Gasteiger partial charge in [0.1, 0.15) is 6.04 Å². The first-order valence-electron chi connectivity index (χ1n) is 8.76. The molecule has 0 saturated carbocycles. The summed E-state index contributed by atoms with van der Waals surface area (Å²) < 4.78 is 0. The number of halogens is 1. The van der Waals surface area contributed by atoms with E-state index in [1.54, 1.807) is 39.8 Å². The van der Waals surface area contributed by atoms with E-state index in [-0.39, 0.29) is 22.6 Å². The lowest BCUT2D eigenvalue weighted by molar-refractivity contribution is -0.135. The molecule has 0 spiro atoms. The van der Waals surface area contributed by atoms with Crippen molar-refractivity contribution in [1.29, 1.82) is 0 Å². The number of anilines is 2. The maximum Gasteiger partial charge on any atom is 0.248 e. The molecule has 2 atom stereocenters. The monoisotopic (exact) mass is 393 g/mol. The molecule has 3 fully saturated rings. The van der Waals surface area contributed by atoms with Gasteiger partial charge in [0, 0.05) is 30.8 Å². The number of hydrogen-bond donors (Lipinski definition) is 1. The van der Waals surface area contributed by atoms with Crippen molar-refractivity contribution in [3.63, 3.8) is 0 Å². The fourth-order valence-electron chi connectivity index (χ4n) is 3.95. The number of rotatable bonds is 3. The van der Waals surface area contributed by atoms with Crippen LogP contribution in [0.1, 0.15) is 32.6 Å². The van der Waals surface area contributed by atoms with Crippen molar-refractivity contribution in [3.05, 3.63) is 23.2 Å². The first kappa shape index (κ1) is 17.7. The smallest absolute Gasteiger partial charge is 0.248 e. The summed E-state index contributed by atoms with van der Waals surface area (Å²) in [5.41, 5.74) is 1.24. The van der Waals surface area contributed by atoms with Crippen LogP contribution in [0, 0.1) is 0 Å². The van der Waals surface area contributed by atoms with Crippen molar-refractivity contribution in [2.75, 3.05) is 22.5 Å². The number of thioether (sulfide) groups is 1. The Kier molecular flexibility index (Phi) is 4.39. The van der Waals surface area contributed by atoms with Crippen LogP contribution >= 0.6 is 23.4 Å². The summed E-state index contributed by atoms with van der Waals surface area (Å²) >= 11 is 8.00. The van der Waals surface area contributed by atoms with Crippen molar-refractivity contribution >= 4 is 52.5 Å². The Hall–Kier alpha value is -1.73. The molecule has 8 heteroatoms. The average Bonchev–Trinajstić information content (AvgIpc) is 3.24. The Bertz CT molecular complexity index is 802. The molecule has 0 radical (unpaired) electrons. The summed E-state index contributed by atoms with van der Waals surface area (Å²) in [5.74, 6) is 0.511. The normalized spacial score (nSPS) is 28.0. The Labute approximate surface area is 161 Å². The molecule has 138 valence electrons. The van der Waals surface area contributed by atoms with Crippen LogP contribution in [0.25, 0.3) is 0 Å². The zero-order valence-electron chi connectivity index (χ0n) is 14.5. The Morgan fingerprint density at radius 1 is 1.31 bits per heavy atom. The van der Waals surface area contributed by atoms with Gasteiger partial charge in [0.2, 0.25) is 17.7 Å². The molecule has 3 aliphatic rings. The number of carbonyl (C=O) groups excluding carboxylic acids is 3. The van der Waals surface area contributed by atoms with Crippen molar-refractivity contribution in [3.8, 4) is 0 Å². The van der Waals surface area contributed by atoms with E-state index in [9.17, 15) is 14.4 Å². The van der Waals surface area contributed by atoms with Gasteiger partial charge in [0.05, 0.1) is 15.6 Å². The van der Waals surface area contributed by atoms with Gasteiger partial charge in [-0.25, -0.2) is 0 Å². The van der Waals surface area contributed by atoms with Crippen molar-refractivity contribution in [2.24, 2.45) is 0 Å². The highest BCUT2D eigenvalue weighted by atomic mass is 35.5. The molecule has 3 amide bonds. The van der Waals surface area contributed by atoms with Crippen LogP contribution in [0.2, 0.25) is 5.02 Å². The molecule has 3 aliphatic heterocycles. The molecule has 0 aliphatic carbocycles. The third-order valence-electron chi connectivity index (χ3n) is 5.33. The lowest BCUT2D eigenvalue weighted by atomic mass is 10.2. The van der Waals surface area contributed by atoms with Gasteiger partial charge in [-0.05, 0) is 38.0 Å². The second-order valence-corrected chi connectivity index (χ2v) is 8.98. The molecular formula is C18H20ClN3O3S. The van der Waals surface area contributed by atoms with Gasteiger partial charge < -0.3 is 15.1 Å². The second-order valence-electron chi connectivity index (χ2n) is 7.07. The summed E-state index contributed by atoms with van der Waals surface area (Å²) in [5, 5.41) is 3.30. The SMILES string of the molecule is CC12CCC(=O)N1C(C(=O)Nc1ccc(N3CCCC3=O)c(Cl)c1)CS2. The molecule has 0 bridgehead atoms. The molecule has 1 aromatic rings. The van der Waals surface area contributed by atoms with Crippen LogP contribution < -0.4 is 10.2 Å². The molecule has 6 nitrogen and oxygen atoms in total. The molecule has 1 N–H and O–H groups in total. The van der Waals surface area contributed by atoms with Gasteiger partial charge in [-0.15, -0.1) is 11.8 Å². The van der Waals surface area contributed by atoms with E-state index >= 15 is 0 Å². The first-order chi connectivity index (χ1) is 12.4. The second kappa shape index (κ2) is 6.46. The van der Waals surface area contributed by atoms with Crippen LogP contribution in [-0.4, -0.2) is 45.8 Å². The van der Waals surface area contributed by atoms with Crippen LogP contribution in [0.5, 0.6) is 0 Å². The van der Waals surface area contributed by atoms with Gasteiger partial charge >= 0.3 is 0 Å². The highest BCUT2D eigenvalue weighted by Crippen LogP contribution is 2.47. The van der Waals surface area contributed by atoms with E-state index in [1.807, 2.05) is 6.92 Å². The van der Waals surface area contributed by atoms with Crippen LogP contribution in [-0.2, 0) is 14.4 Å². The summed E-state index contributed by atoms with van der Waals surface area (Å²) in [7, 11) is 0. The predicted molar refractivity (Wildman–Crippen MR) is 102 cm³/mol. The van der Waals surface area contributed by atoms with Gasteiger partial charge in [-0.2, -0.15) is 0 Å². The minimum Gasteiger partial charge on any atom is -0.324 e. The number of carbonyl (C=O) groups is 3. The summed E-state index contributed by atoms with van der Waals surface area (Å²) in [6, 6.07) is 4.71. The molecular weight excluding hydrogens is 374 g/mol. The number of nitrogens with zero attached hydrogens (tertiary/aromatic N) is 2. The quantitative estimate of drug-likeness (QED) is 0.857. The first-order valence-corrected chi connectivity index (χ1v) is 10.1. The zero-order chi connectivity index (χ0) is 18.5. The van der Waals surface area contributed by atoms with Crippen LogP contribution in [0.4, 0.5) is 11.4 Å². The van der Waals surface area contributed by atoms with Gasteiger partial charge in [0.25, 0.3) is 0 Å².